The van der Waals surface area contributed by atoms with Crippen LogP contribution in [0.2, 0.25) is 5.02 Å². The maximum Gasteiger partial charge on any atom is 0.193 e. The third-order valence-electron chi connectivity index (χ3n) is 6.70. The normalized spacial score (nSPS) is 23.3. The highest BCUT2D eigenvalue weighted by atomic mass is 35.5. The van der Waals surface area contributed by atoms with Gasteiger partial charge in [0.1, 0.15) is 0 Å². The number of hydrogen-bond donors (Lipinski definition) is 1. The fourth-order valence-corrected chi connectivity index (χ4v) is 4.90. The maximum absolute atomic E-state index is 6.66. The molecule has 0 saturated carbocycles. The molecule has 2 aliphatic heterocycles. The molecule has 1 aromatic carbocycles. The second kappa shape index (κ2) is 9.92. The zero-order chi connectivity index (χ0) is 21.8. The van der Waals surface area contributed by atoms with Gasteiger partial charge in [-0.2, -0.15) is 0 Å². The lowest BCUT2D eigenvalue weighted by molar-refractivity contribution is 0.189. The lowest BCUT2D eigenvalue weighted by Gasteiger charge is -2.39. The molecule has 2 fully saturated rings. The van der Waals surface area contributed by atoms with Crippen molar-refractivity contribution in [1.29, 1.82) is 0 Å². The number of anilines is 1. The van der Waals surface area contributed by atoms with Crippen LogP contribution >= 0.6 is 11.6 Å². The molecule has 2 unspecified atom stereocenters. The van der Waals surface area contributed by atoms with Gasteiger partial charge in [0.25, 0.3) is 0 Å². The van der Waals surface area contributed by atoms with Crippen LogP contribution in [-0.4, -0.2) is 78.7 Å². The number of halogens is 1. The van der Waals surface area contributed by atoms with Crippen molar-refractivity contribution in [3.8, 4) is 0 Å². The Bertz CT molecular complexity index is 874. The van der Waals surface area contributed by atoms with Gasteiger partial charge in [0.15, 0.2) is 5.96 Å². The summed E-state index contributed by atoms with van der Waals surface area (Å²) in [5, 5.41) is 4.40. The van der Waals surface area contributed by atoms with Gasteiger partial charge in [-0.1, -0.05) is 24.6 Å². The smallest absolute Gasteiger partial charge is 0.193 e. The maximum atomic E-state index is 6.66. The first-order chi connectivity index (χ1) is 15.1. The number of piperazine rings is 1. The molecule has 4 rings (SSSR count). The third-order valence-corrected chi connectivity index (χ3v) is 7.05. The van der Waals surface area contributed by atoms with Crippen LogP contribution in [0.3, 0.4) is 0 Å². The second-order valence-electron chi connectivity index (χ2n) is 8.72. The molecule has 31 heavy (non-hydrogen) atoms. The van der Waals surface area contributed by atoms with Crippen LogP contribution in [0, 0.1) is 5.92 Å². The fraction of sp³-hybridized carbons (Fsp3) is 0.565. The molecule has 7 nitrogen and oxygen atoms in total. The Morgan fingerprint density at radius 3 is 2.74 bits per heavy atom. The Balaban J connectivity index is 1.46. The number of piperidine rings is 1. The van der Waals surface area contributed by atoms with E-state index < -0.39 is 0 Å². The van der Waals surface area contributed by atoms with Crippen molar-refractivity contribution in [2.45, 2.75) is 25.9 Å². The Labute approximate surface area is 190 Å². The predicted molar refractivity (Wildman–Crippen MR) is 128 cm³/mol. The molecule has 168 valence electrons. The van der Waals surface area contributed by atoms with E-state index >= 15 is 0 Å². The number of likely N-dealkylation sites (tertiary alicyclic amines) is 1. The van der Waals surface area contributed by atoms with Gasteiger partial charge in [-0.15, -0.1) is 0 Å². The molecule has 2 aliphatic rings. The molecule has 2 atom stereocenters. The molecule has 1 aromatic heterocycles. The van der Waals surface area contributed by atoms with E-state index in [9.17, 15) is 0 Å². The number of aromatic nitrogens is 2. The SMILES string of the molecule is CN=C(NCc1c(Cl)cccc1N1CCN(C)CC1)N1CCC(C)C(n2ccnc2)C1. The summed E-state index contributed by atoms with van der Waals surface area (Å²) in [7, 11) is 4.04. The summed E-state index contributed by atoms with van der Waals surface area (Å²) in [6.07, 6.45) is 6.97. The molecule has 0 aliphatic carbocycles. The van der Waals surface area contributed by atoms with Crippen LogP contribution in [-0.2, 0) is 6.54 Å². The average molecular weight is 444 g/mol. The highest BCUT2D eigenvalue weighted by Crippen LogP contribution is 2.30. The molecule has 3 heterocycles. The number of likely N-dealkylation sites (N-methyl/N-ethyl adjacent to an activating group) is 1. The molecule has 8 heteroatoms. The monoisotopic (exact) mass is 443 g/mol. The van der Waals surface area contributed by atoms with Crippen molar-refractivity contribution >= 4 is 23.2 Å². The molecule has 1 N–H and O–H groups in total. The Hall–Kier alpha value is -2.25. The van der Waals surface area contributed by atoms with Gasteiger partial charge < -0.3 is 24.6 Å². The van der Waals surface area contributed by atoms with E-state index in [0.29, 0.717) is 18.5 Å². The lowest BCUT2D eigenvalue weighted by atomic mass is 9.93. The highest BCUT2D eigenvalue weighted by molar-refractivity contribution is 6.31. The van der Waals surface area contributed by atoms with Crippen LogP contribution in [0.25, 0.3) is 0 Å². The van der Waals surface area contributed by atoms with Gasteiger partial charge >= 0.3 is 0 Å². The summed E-state index contributed by atoms with van der Waals surface area (Å²) in [5.74, 6) is 1.54. The fourth-order valence-electron chi connectivity index (χ4n) is 4.66. The van der Waals surface area contributed by atoms with Gasteiger partial charge in [-0.25, -0.2) is 4.98 Å². The van der Waals surface area contributed by atoms with E-state index in [0.717, 1.165) is 62.2 Å². The molecule has 0 radical (unpaired) electrons. The van der Waals surface area contributed by atoms with Crippen LogP contribution in [0.15, 0.2) is 41.9 Å². The predicted octanol–water partition coefficient (Wildman–Crippen LogP) is 2.95. The lowest BCUT2D eigenvalue weighted by Crippen LogP contribution is -2.49. The first-order valence-corrected chi connectivity index (χ1v) is 11.6. The summed E-state index contributed by atoms with van der Waals surface area (Å²) >= 11 is 6.66. The summed E-state index contributed by atoms with van der Waals surface area (Å²) < 4.78 is 2.23. The van der Waals surface area contributed by atoms with E-state index in [1.54, 1.807) is 0 Å². The van der Waals surface area contributed by atoms with Crippen LogP contribution < -0.4 is 10.2 Å². The molecule has 2 aromatic rings. The number of imidazole rings is 1. The minimum absolute atomic E-state index is 0.399. The van der Waals surface area contributed by atoms with Crippen molar-refractivity contribution in [2.75, 3.05) is 58.3 Å². The first-order valence-electron chi connectivity index (χ1n) is 11.2. The van der Waals surface area contributed by atoms with Gasteiger partial charge in [0, 0.05) is 81.5 Å². The number of nitrogens with zero attached hydrogens (tertiary/aromatic N) is 6. The van der Waals surface area contributed by atoms with E-state index in [1.807, 2.05) is 25.6 Å². The summed E-state index contributed by atoms with van der Waals surface area (Å²) in [4.78, 5) is 16.0. The largest absolute Gasteiger partial charge is 0.369 e. The topological polar surface area (TPSA) is 51.9 Å². The van der Waals surface area contributed by atoms with E-state index in [-0.39, 0.29) is 0 Å². The number of hydrogen-bond acceptors (Lipinski definition) is 4. The standard InChI is InChI=1S/C23H34ClN7/c1-18-7-9-30(16-22(18)31-10-8-26-17-31)23(25-2)27-15-19-20(24)5-4-6-21(19)29-13-11-28(3)12-14-29/h4-6,8,10,17-18,22H,7,9,11-16H2,1-3H3,(H,25,27). The van der Waals surface area contributed by atoms with Gasteiger partial charge in [0.05, 0.1) is 12.4 Å². The number of rotatable bonds is 4. The van der Waals surface area contributed by atoms with Crippen LogP contribution in [0.4, 0.5) is 5.69 Å². The van der Waals surface area contributed by atoms with Crippen molar-refractivity contribution in [1.82, 2.24) is 24.7 Å². The Morgan fingerprint density at radius 2 is 2.03 bits per heavy atom. The third kappa shape index (κ3) is 4.99. The second-order valence-corrected chi connectivity index (χ2v) is 9.13. The Kier molecular flexibility index (Phi) is 7.02. The van der Waals surface area contributed by atoms with E-state index in [4.69, 9.17) is 11.6 Å². The van der Waals surface area contributed by atoms with Gasteiger partial charge in [0.2, 0.25) is 0 Å². The summed E-state index contributed by atoms with van der Waals surface area (Å²) in [5.41, 5.74) is 2.37. The molecular weight excluding hydrogens is 410 g/mol. The minimum atomic E-state index is 0.399. The quantitative estimate of drug-likeness (QED) is 0.581. The zero-order valence-electron chi connectivity index (χ0n) is 18.8. The average Bonchev–Trinajstić information content (AvgIpc) is 3.31. The van der Waals surface area contributed by atoms with E-state index in [1.165, 1.54) is 5.69 Å². The molecular formula is C23H34ClN7. The van der Waals surface area contributed by atoms with Crippen molar-refractivity contribution < 1.29 is 0 Å². The molecule has 0 spiro atoms. The molecule has 0 bridgehead atoms. The number of guanidine groups is 1. The summed E-state index contributed by atoms with van der Waals surface area (Å²) in [6, 6.07) is 6.62. The zero-order valence-corrected chi connectivity index (χ0v) is 19.6. The van der Waals surface area contributed by atoms with Gasteiger partial charge in [-0.05, 0) is 31.5 Å². The van der Waals surface area contributed by atoms with Crippen molar-refractivity contribution in [3.63, 3.8) is 0 Å². The highest BCUT2D eigenvalue weighted by Gasteiger charge is 2.29. The number of nitrogens with one attached hydrogen (secondary N) is 1. The van der Waals surface area contributed by atoms with E-state index in [2.05, 4.69) is 66.9 Å². The summed E-state index contributed by atoms with van der Waals surface area (Å²) in [6.45, 7) is 9.10. The van der Waals surface area contributed by atoms with Crippen LogP contribution in [0.1, 0.15) is 24.9 Å². The Morgan fingerprint density at radius 1 is 1.23 bits per heavy atom. The van der Waals surface area contributed by atoms with Crippen molar-refractivity contribution in [2.24, 2.45) is 10.9 Å². The molecule has 2 saturated heterocycles. The first kappa shape index (κ1) is 22.0. The number of aliphatic imine (C=N–C) groups is 1. The van der Waals surface area contributed by atoms with Gasteiger partial charge in [-0.3, -0.25) is 4.99 Å². The minimum Gasteiger partial charge on any atom is -0.369 e. The van der Waals surface area contributed by atoms with Crippen molar-refractivity contribution in [3.05, 3.63) is 47.5 Å². The molecule has 0 amide bonds. The van der Waals surface area contributed by atoms with Crippen LogP contribution in [0.5, 0.6) is 0 Å². The number of benzene rings is 1.